The summed E-state index contributed by atoms with van der Waals surface area (Å²) < 4.78 is 10.5. The summed E-state index contributed by atoms with van der Waals surface area (Å²) in [5.41, 5.74) is 1.85. The molecule has 9 heteroatoms. The summed E-state index contributed by atoms with van der Waals surface area (Å²) in [7, 11) is 0. The smallest absolute Gasteiger partial charge is 0.408 e. The van der Waals surface area contributed by atoms with E-state index in [-0.39, 0.29) is 37.4 Å². The highest BCUT2D eigenvalue weighted by Crippen LogP contribution is 2.31. The first-order chi connectivity index (χ1) is 19.0. The van der Waals surface area contributed by atoms with Crippen LogP contribution in [0.5, 0.6) is 0 Å². The summed E-state index contributed by atoms with van der Waals surface area (Å²) in [5, 5.41) is 5.63. The number of carbonyl (C=O) groups is 4. The van der Waals surface area contributed by atoms with Gasteiger partial charge < -0.3 is 25.0 Å². The zero-order valence-electron chi connectivity index (χ0n) is 27.1. The Kier molecular flexibility index (Phi) is 14.3. The average Bonchev–Trinajstić information content (AvgIpc) is 2.83. The van der Waals surface area contributed by atoms with Crippen LogP contribution in [0, 0.1) is 25.7 Å². The van der Waals surface area contributed by atoms with Crippen molar-refractivity contribution < 1.29 is 28.7 Å². The Balaban J connectivity index is 3.61. The zero-order chi connectivity index (χ0) is 31.5. The molecule has 0 saturated carbocycles. The van der Waals surface area contributed by atoms with E-state index in [1.807, 2.05) is 52.8 Å². The topological polar surface area (TPSA) is 114 Å². The molecule has 2 N–H and O–H groups in total. The van der Waals surface area contributed by atoms with Gasteiger partial charge in [-0.2, -0.15) is 0 Å². The third-order valence-corrected chi connectivity index (χ3v) is 6.68. The van der Waals surface area contributed by atoms with E-state index in [9.17, 15) is 19.2 Å². The Hall–Kier alpha value is -3.10. The lowest BCUT2D eigenvalue weighted by Gasteiger charge is -2.40. The molecule has 0 bridgehead atoms. The van der Waals surface area contributed by atoms with Crippen molar-refractivity contribution in [2.45, 2.75) is 119 Å². The van der Waals surface area contributed by atoms with Gasteiger partial charge in [-0.3, -0.25) is 14.4 Å². The highest BCUT2D eigenvalue weighted by molar-refractivity contribution is 5.93. The van der Waals surface area contributed by atoms with Crippen molar-refractivity contribution in [3.05, 3.63) is 34.9 Å². The molecule has 0 aromatic heterocycles. The molecule has 9 nitrogen and oxygen atoms in total. The van der Waals surface area contributed by atoms with Crippen LogP contribution in [0.25, 0.3) is 0 Å². The van der Waals surface area contributed by atoms with Gasteiger partial charge >= 0.3 is 12.1 Å². The molecule has 0 radical (unpaired) electrons. The number of hydrogen-bond acceptors (Lipinski definition) is 6. The lowest BCUT2D eigenvalue weighted by atomic mass is 9.92. The SMILES string of the molecule is CCOC(=O)CCNC(=O)C(c1ccc(C)cc1C)N(C(=O)C(NC(=O)OC(C)(C)C)C(C)C)C(C)CCC(C)C. The van der Waals surface area contributed by atoms with Crippen molar-refractivity contribution in [3.8, 4) is 0 Å². The Morgan fingerprint density at radius 2 is 1.61 bits per heavy atom. The predicted octanol–water partition coefficient (Wildman–Crippen LogP) is 5.62. The van der Waals surface area contributed by atoms with Crippen LogP contribution in [0.2, 0.25) is 0 Å². The second-order valence-corrected chi connectivity index (χ2v) is 12.5. The molecule has 3 unspecified atom stereocenters. The van der Waals surface area contributed by atoms with Crippen molar-refractivity contribution in [2.75, 3.05) is 13.2 Å². The van der Waals surface area contributed by atoms with Gasteiger partial charge in [-0.25, -0.2) is 4.79 Å². The second-order valence-electron chi connectivity index (χ2n) is 12.5. The number of nitrogens with zero attached hydrogens (tertiary/aromatic N) is 1. The molecule has 0 aliphatic heterocycles. The van der Waals surface area contributed by atoms with Gasteiger partial charge in [0.1, 0.15) is 17.7 Å². The lowest BCUT2D eigenvalue weighted by molar-refractivity contribution is -0.146. The summed E-state index contributed by atoms with van der Waals surface area (Å²) in [6, 6.07) is 3.55. The first kappa shape index (κ1) is 35.9. The molecular weight excluding hydrogens is 522 g/mol. The van der Waals surface area contributed by atoms with E-state index in [1.165, 1.54) is 0 Å². The fourth-order valence-corrected chi connectivity index (χ4v) is 4.59. The van der Waals surface area contributed by atoms with Gasteiger partial charge in [0, 0.05) is 12.6 Å². The summed E-state index contributed by atoms with van der Waals surface area (Å²) in [4.78, 5) is 54.7. The van der Waals surface area contributed by atoms with Crippen molar-refractivity contribution in [1.29, 1.82) is 0 Å². The normalized spacial score (nSPS) is 13.8. The van der Waals surface area contributed by atoms with E-state index in [4.69, 9.17) is 9.47 Å². The second kappa shape index (κ2) is 16.4. The minimum Gasteiger partial charge on any atom is -0.466 e. The number of ether oxygens (including phenoxy) is 2. The van der Waals surface area contributed by atoms with E-state index in [1.54, 1.807) is 32.6 Å². The number of amides is 3. The first-order valence-electron chi connectivity index (χ1n) is 14.8. The standard InChI is InChI=1S/C32H53N3O6/c1-12-40-26(36)17-18-33-29(37)28(25-16-14-22(6)19-23(25)7)35(24(8)15-13-20(2)3)30(38)27(21(4)5)34-31(39)41-32(9,10)11/h14,16,19-21,24,27-28H,12-13,15,17-18H2,1-11H3,(H,33,37)(H,34,39). The van der Waals surface area contributed by atoms with Crippen LogP contribution in [0.1, 0.15) is 104 Å². The Labute approximate surface area is 247 Å². The Bertz CT molecular complexity index is 1030. The van der Waals surface area contributed by atoms with Gasteiger partial charge in [-0.05, 0) is 84.3 Å². The highest BCUT2D eigenvalue weighted by Gasteiger charge is 2.40. The minimum absolute atomic E-state index is 0.0187. The summed E-state index contributed by atoms with van der Waals surface area (Å²) in [5.74, 6) is -1.05. The number of benzene rings is 1. The number of alkyl carbamates (subject to hydrolysis) is 1. The molecule has 1 aromatic carbocycles. The fourth-order valence-electron chi connectivity index (χ4n) is 4.59. The average molecular weight is 576 g/mol. The summed E-state index contributed by atoms with van der Waals surface area (Å²) in [6.45, 7) is 21.1. The van der Waals surface area contributed by atoms with E-state index < -0.39 is 35.7 Å². The molecule has 3 atom stereocenters. The van der Waals surface area contributed by atoms with Gasteiger partial charge in [0.15, 0.2) is 0 Å². The van der Waals surface area contributed by atoms with Crippen LogP contribution in [0.4, 0.5) is 4.79 Å². The van der Waals surface area contributed by atoms with E-state index in [2.05, 4.69) is 24.5 Å². The quantitative estimate of drug-likeness (QED) is 0.279. The summed E-state index contributed by atoms with van der Waals surface area (Å²) in [6.07, 6.45) is 0.838. The molecule has 0 fully saturated rings. The summed E-state index contributed by atoms with van der Waals surface area (Å²) >= 11 is 0. The van der Waals surface area contributed by atoms with Crippen LogP contribution in [0.15, 0.2) is 18.2 Å². The maximum atomic E-state index is 14.4. The van der Waals surface area contributed by atoms with Crippen LogP contribution < -0.4 is 10.6 Å². The van der Waals surface area contributed by atoms with E-state index in [0.29, 0.717) is 17.9 Å². The number of nitrogens with one attached hydrogen (secondary N) is 2. The first-order valence-corrected chi connectivity index (χ1v) is 14.8. The van der Waals surface area contributed by atoms with Crippen molar-refractivity contribution in [2.24, 2.45) is 11.8 Å². The molecule has 41 heavy (non-hydrogen) atoms. The van der Waals surface area contributed by atoms with Gasteiger partial charge in [0.05, 0.1) is 13.0 Å². The van der Waals surface area contributed by atoms with Crippen LogP contribution in [0.3, 0.4) is 0 Å². The third kappa shape index (κ3) is 12.1. The molecule has 0 aliphatic rings. The monoisotopic (exact) mass is 575 g/mol. The predicted molar refractivity (Wildman–Crippen MR) is 161 cm³/mol. The van der Waals surface area contributed by atoms with E-state index >= 15 is 0 Å². The fraction of sp³-hybridized carbons (Fsp3) is 0.688. The van der Waals surface area contributed by atoms with E-state index in [0.717, 1.165) is 17.5 Å². The third-order valence-electron chi connectivity index (χ3n) is 6.68. The van der Waals surface area contributed by atoms with Gasteiger partial charge in [-0.15, -0.1) is 0 Å². The van der Waals surface area contributed by atoms with Crippen LogP contribution in [-0.4, -0.2) is 59.6 Å². The molecule has 0 saturated heterocycles. The van der Waals surface area contributed by atoms with Crippen LogP contribution in [-0.2, 0) is 23.9 Å². The maximum Gasteiger partial charge on any atom is 0.408 e. The molecular formula is C32H53N3O6. The zero-order valence-corrected chi connectivity index (χ0v) is 27.1. The largest absolute Gasteiger partial charge is 0.466 e. The molecule has 3 amide bonds. The Morgan fingerprint density at radius 3 is 2.12 bits per heavy atom. The molecule has 0 aliphatic carbocycles. The molecule has 1 aromatic rings. The number of hydrogen-bond donors (Lipinski definition) is 2. The molecule has 1 rings (SSSR count). The lowest BCUT2D eigenvalue weighted by Crippen LogP contribution is -2.57. The Morgan fingerprint density at radius 1 is 0.976 bits per heavy atom. The van der Waals surface area contributed by atoms with Crippen LogP contribution >= 0.6 is 0 Å². The van der Waals surface area contributed by atoms with Gasteiger partial charge in [0.25, 0.3) is 0 Å². The maximum absolute atomic E-state index is 14.4. The number of aryl methyl sites for hydroxylation is 2. The minimum atomic E-state index is -0.978. The van der Waals surface area contributed by atoms with Crippen molar-refractivity contribution >= 4 is 23.9 Å². The molecule has 0 spiro atoms. The number of esters is 1. The molecule has 0 heterocycles. The van der Waals surface area contributed by atoms with Gasteiger partial charge in [0.2, 0.25) is 11.8 Å². The van der Waals surface area contributed by atoms with Crippen molar-refractivity contribution in [1.82, 2.24) is 15.5 Å². The van der Waals surface area contributed by atoms with Crippen molar-refractivity contribution in [3.63, 3.8) is 0 Å². The molecule has 232 valence electrons. The number of rotatable bonds is 14. The van der Waals surface area contributed by atoms with Gasteiger partial charge in [-0.1, -0.05) is 51.5 Å². The highest BCUT2D eigenvalue weighted by atomic mass is 16.6. The number of carbonyl (C=O) groups excluding carboxylic acids is 4.